The first-order valence-corrected chi connectivity index (χ1v) is 31.6. The molecule has 14 nitrogen and oxygen atoms in total. The summed E-state index contributed by atoms with van der Waals surface area (Å²) < 4.78 is 63.3. The van der Waals surface area contributed by atoms with Gasteiger partial charge in [0.1, 0.15) is 30.5 Å². The lowest BCUT2D eigenvalue weighted by atomic mass is 9.75. The second kappa shape index (κ2) is 35.2. The zero-order chi connectivity index (χ0) is 60.4. The van der Waals surface area contributed by atoms with Crippen LogP contribution in [0.15, 0.2) is 182 Å². The van der Waals surface area contributed by atoms with Gasteiger partial charge in [0.2, 0.25) is 5.91 Å². The molecular weight excluding hydrogens is 1100 g/mol. The fourth-order valence-electron chi connectivity index (χ4n) is 12.7. The van der Waals surface area contributed by atoms with E-state index in [0.29, 0.717) is 45.9 Å². The minimum atomic E-state index is -1.09. The third-order valence-corrected chi connectivity index (χ3v) is 17.2. The van der Waals surface area contributed by atoms with Crippen molar-refractivity contribution in [2.75, 3.05) is 13.2 Å². The third-order valence-electron chi connectivity index (χ3n) is 17.2. The molecule has 9 rings (SSSR count). The van der Waals surface area contributed by atoms with E-state index in [9.17, 15) is 14.7 Å². The van der Waals surface area contributed by atoms with Gasteiger partial charge in [-0.15, -0.1) is 0 Å². The van der Waals surface area contributed by atoms with Gasteiger partial charge in [0.15, 0.2) is 0 Å². The number of aliphatic carboxylic acids is 1. The molecule has 3 saturated heterocycles. The summed E-state index contributed by atoms with van der Waals surface area (Å²) in [6.45, 7) is 5.81. The van der Waals surface area contributed by atoms with E-state index >= 15 is 0 Å². The molecule has 0 aromatic heterocycles. The Labute approximate surface area is 515 Å². The van der Waals surface area contributed by atoms with E-state index in [-0.39, 0.29) is 50.6 Å². The lowest BCUT2D eigenvalue weighted by Gasteiger charge is -2.51. The first-order chi connectivity index (χ1) is 42.6. The molecule has 3 N–H and O–H groups in total. The predicted octanol–water partition coefficient (Wildman–Crippen LogP) is 12.6. The number of unbranched alkanes of at least 4 members (excludes halogenated alkanes) is 6. The van der Waals surface area contributed by atoms with Crippen molar-refractivity contribution in [2.24, 2.45) is 11.8 Å². The summed E-state index contributed by atoms with van der Waals surface area (Å²) in [5.74, 6) is -1.85. The molecule has 0 saturated carbocycles. The largest absolute Gasteiger partial charge is 0.481 e. The van der Waals surface area contributed by atoms with Crippen LogP contribution in [0, 0.1) is 11.8 Å². The molecule has 3 aliphatic rings. The van der Waals surface area contributed by atoms with Crippen molar-refractivity contribution in [1.82, 2.24) is 5.32 Å². The van der Waals surface area contributed by atoms with Crippen LogP contribution < -0.4 is 5.32 Å². The van der Waals surface area contributed by atoms with Gasteiger partial charge in [0.05, 0.1) is 95.5 Å². The zero-order valence-electron chi connectivity index (χ0n) is 50.7. The number of carbonyl (C=O) groups excluding carboxylic acids is 1. The van der Waals surface area contributed by atoms with E-state index in [1.54, 1.807) is 6.92 Å². The standard InChI is InChI=1S/C73H91NO13/c1-52-69(81-45-55-30-16-9-17-31-55)73(85-49-59-38-24-13-25-39-59)72(84-48-58-36-22-12-23-37-58)64(86-52)43-61-63(87-65(51-79-44-54-28-14-8-15-29-54)71(68(61)78)83-47-57-34-20-11-21-35-57)42-60-50-80-62(40-26-6-4-3-5-7-27-41-66(76)77)67(74-53(2)75)70(60)82-46-56-32-18-10-19-33-56/h8-25,28-39,52,60-65,67-73,78H,3-7,26-27,40-51H2,1-2H3,(H,74,75)(H,76,77)/t52-,60+,61-,62-,63-,64-,65+,67-,68+,69+,70-,71-,72+,73+/m0/s1. The summed E-state index contributed by atoms with van der Waals surface area (Å²) in [6.07, 6.45) is 1.10. The third kappa shape index (κ3) is 20.5. The lowest BCUT2D eigenvalue weighted by molar-refractivity contribution is -0.278. The molecule has 0 spiro atoms. The number of benzene rings is 6. The molecule has 3 heterocycles. The van der Waals surface area contributed by atoms with E-state index in [2.05, 4.69) is 17.4 Å². The number of carboxylic acid groups (broad SMARTS) is 1. The second-order valence-electron chi connectivity index (χ2n) is 23.8. The summed E-state index contributed by atoms with van der Waals surface area (Å²) >= 11 is 0. The number of aliphatic hydroxyl groups is 1. The molecule has 0 bridgehead atoms. The van der Waals surface area contributed by atoms with Crippen molar-refractivity contribution in [3.8, 4) is 0 Å². The quantitative estimate of drug-likeness (QED) is 0.0327. The molecule has 1 amide bonds. The summed E-state index contributed by atoms with van der Waals surface area (Å²) in [5.41, 5.74) is 5.98. The van der Waals surface area contributed by atoms with Crippen molar-refractivity contribution in [2.45, 2.75) is 197 Å². The van der Waals surface area contributed by atoms with Gasteiger partial charge >= 0.3 is 5.97 Å². The van der Waals surface area contributed by atoms with Crippen molar-refractivity contribution in [3.63, 3.8) is 0 Å². The Kier molecular flexibility index (Phi) is 26.4. The van der Waals surface area contributed by atoms with Crippen LogP contribution in [-0.4, -0.2) is 108 Å². The van der Waals surface area contributed by atoms with E-state index in [4.69, 9.17) is 47.7 Å². The van der Waals surface area contributed by atoms with Crippen LogP contribution in [0.25, 0.3) is 0 Å². The maximum Gasteiger partial charge on any atom is 0.303 e. The molecule has 0 radical (unpaired) electrons. The van der Waals surface area contributed by atoms with Gasteiger partial charge in [-0.05, 0) is 66.0 Å². The number of carbonyl (C=O) groups is 2. The fourth-order valence-corrected chi connectivity index (χ4v) is 12.7. The maximum atomic E-state index is 13.5. The van der Waals surface area contributed by atoms with E-state index in [0.717, 1.165) is 78.3 Å². The van der Waals surface area contributed by atoms with Crippen molar-refractivity contribution in [1.29, 1.82) is 0 Å². The summed E-state index contributed by atoms with van der Waals surface area (Å²) in [5, 5.41) is 25.9. The second-order valence-corrected chi connectivity index (χ2v) is 23.8. The summed E-state index contributed by atoms with van der Waals surface area (Å²) in [4.78, 5) is 24.4. The van der Waals surface area contributed by atoms with Gasteiger partial charge in [-0.25, -0.2) is 0 Å². The number of nitrogens with one attached hydrogen (secondary N) is 1. The van der Waals surface area contributed by atoms with Crippen LogP contribution in [0.4, 0.5) is 0 Å². The number of hydrogen-bond acceptors (Lipinski definition) is 12. The van der Waals surface area contributed by atoms with Crippen molar-refractivity contribution in [3.05, 3.63) is 215 Å². The summed E-state index contributed by atoms with van der Waals surface area (Å²) in [7, 11) is 0. The van der Waals surface area contributed by atoms with E-state index in [1.807, 2.05) is 177 Å². The number of carboxylic acids is 1. The van der Waals surface area contributed by atoms with Crippen LogP contribution in [0.2, 0.25) is 0 Å². The number of aliphatic hydroxyl groups excluding tert-OH is 1. The number of hydrogen-bond donors (Lipinski definition) is 3. The molecule has 3 aliphatic heterocycles. The average molecular weight is 1190 g/mol. The summed E-state index contributed by atoms with van der Waals surface area (Å²) in [6, 6.07) is 59.9. The molecule has 14 atom stereocenters. The van der Waals surface area contributed by atoms with Gasteiger partial charge in [-0.1, -0.05) is 221 Å². The Balaban J connectivity index is 1.05. The predicted molar refractivity (Wildman–Crippen MR) is 333 cm³/mol. The highest BCUT2D eigenvalue weighted by atomic mass is 16.6. The normalized spacial score (nSPS) is 26.5. The Morgan fingerprint density at radius 1 is 0.471 bits per heavy atom. The van der Waals surface area contributed by atoms with Gasteiger partial charge in [-0.2, -0.15) is 0 Å². The number of rotatable bonds is 34. The van der Waals surface area contributed by atoms with Crippen LogP contribution >= 0.6 is 0 Å². The highest BCUT2D eigenvalue weighted by Gasteiger charge is 2.53. The Hall–Kier alpha value is -6.14. The topological polar surface area (TPSA) is 170 Å². The molecular formula is C73H91NO13. The minimum Gasteiger partial charge on any atom is -0.481 e. The molecule has 6 aromatic rings. The van der Waals surface area contributed by atoms with Gasteiger partial charge in [-0.3, -0.25) is 9.59 Å². The first-order valence-electron chi connectivity index (χ1n) is 31.6. The Morgan fingerprint density at radius 2 is 0.897 bits per heavy atom. The monoisotopic (exact) mass is 1190 g/mol. The smallest absolute Gasteiger partial charge is 0.303 e. The van der Waals surface area contributed by atoms with Gasteiger partial charge in [0.25, 0.3) is 0 Å². The molecule has 0 aliphatic carbocycles. The maximum absolute atomic E-state index is 13.5. The number of ether oxygens (including phenoxy) is 9. The van der Waals surface area contributed by atoms with Crippen LogP contribution in [0.5, 0.6) is 0 Å². The molecule has 6 aromatic carbocycles. The Morgan fingerprint density at radius 3 is 1.38 bits per heavy atom. The van der Waals surface area contributed by atoms with Crippen molar-refractivity contribution >= 4 is 11.9 Å². The van der Waals surface area contributed by atoms with Gasteiger partial charge < -0.3 is 58.2 Å². The highest BCUT2D eigenvalue weighted by molar-refractivity contribution is 5.73. The van der Waals surface area contributed by atoms with Crippen molar-refractivity contribution < 1.29 is 62.4 Å². The van der Waals surface area contributed by atoms with Gasteiger partial charge in [0, 0.05) is 25.2 Å². The molecule has 87 heavy (non-hydrogen) atoms. The molecule has 0 unspecified atom stereocenters. The van der Waals surface area contributed by atoms with Crippen LogP contribution in [0.3, 0.4) is 0 Å². The highest BCUT2D eigenvalue weighted by Crippen LogP contribution is 2.42. The van der Waals surface area contributed by atoms with Crippen LogP contribution in [0.1, 0.15) is 118 Å². The average Bonchev–Trinajstić information content (AvgIpc) is 2.02. The zero-order valence-corrected chi connectivity index (χ0v) is 50.7. The molecule has 3 fully saturated rings. The SMILES string of the molecule is CC(=O)N[C@@H]1[C@@H](OCc2ccccc2)[C@H](C[C@@H]2O[C@H](COCc3ccccc3)[C@H](OCc3ccccc3)[C@H](O)[C@H]2C[C@@H]2O[C@@H](C)[C@@H](OCc3ccccc3)[C@@H](OCc3ccccc3)[C@@H]2OCc2ccccc2)CO[C@H]1CCCCCCCCCC(=O)O. The molecule has 14 heteroatoms. The Bertz CT molecular complexity index is 2860. The number of amides is 1. The van der Waals surface area contributed by atoms with E-state index in [1.165, 1.54) is 0 Å². The molecule has 466 valence electrons. The fraction of sp³-hybridized carbons (Fsp3) is 0.479. The first kappa shape index (κ1) is 65.3. The minimum absolute atomic E-state index is 0.137. The van der Waals surface area contributed by atoms with E-state index < -0.39 is 79.0 Å². The lowest BCUT2D eigenvalue weighted by Crippen LogP contribution is -2.63. The van der Waals surface area contributed by atoms with Crippen LogP contribution in [-0.2, 0) is 91.9 Å².